The number of pyridine rings is 1. The summed E-state index contributed by atoms with van der Waals surface area (Å²) in [5.74, 6) is 1.50. The normalized spacial score (nSPS) is 10.7. The highest BCUT2D eigenvalue weighted by atomic mass is 35.5. The topological polar surface area (TPSA) is 99.7 Å². The SMILES string of the molecule is Clc1ccc2c(NCCNc3nc(NCc4ccccc4)nc(NCc4ccccc4)n3)ccnc2c1. The van der Waals surface area contributed by atoms with Crippen LogP contribution in [0.2, 0.25) is 5.02 Å². The molecule has 8 nitrogen and oxygen atoms in total. The largest absolute Gasteiger partial charge is 0.383 e. The summed E-state index contributed by atoms with van der Waals surface area (Å²) in [5.41, 5.74) is 4.14. The van der Waals surface area contributed by atoms with Crippen molar-refractivity contribution >= 4 is 46.0 Å². The van der Waals surface area contributed by atoms with E-state index < -0.39 is 0 Å². The van der Waals surface area contributed by atoms with E-state index in [0.717, 1.165) is 27.7 Å². The number of halogens is 1. The maximum Gasteiger partial charge on any atom is 0.229 e. The van der Waals surface area contributed by atoms with Gasteiger partial charge in [0, 0.05) is 48.5 Å². The average molecular weight is 511 g/mol. The number of benzene rings is 3. The van der Waals surface area contributed by atoms with E-state index in [0.29, 0.717) is 49.0 Å². The van der Waals surface area contributed by atoms with Crippen LogP contribution in [-0.4, -0.2) is 33.0 Å². The predicted octanol–water partition coefficient (Wildman–Crippen LogP) is 5.82. The molecule has 5 aromatic rings. The molecule has 0 saturated carbocycles. The lowest BCUT2D eigenvalue weighted by atomic mass is 10.2. The lowest BCUT2D eigenvalue weighted by molar-refractivity contribution is 0.958. The number of nitrogens with zero attached hydrogens (tertiary/aromatic N) is 4. The van der Waals surface area contributed by atoms with E-state index >= 15 is 0 Å². The van der Waals surface area contributed by atoms with Gasteiger partial charge in [0.05, 0.1) is 5.52 Å². The summed E-state index contributed by atoms with van der Waals surface area (Å²) in [5, 5.41) is 15.1. The molecule has 0 aliphatic carbocycles. The van der Waals surface area contributed by atoms with E-state index in [1.54, 1.807) is 6.20 Å². The van der Waals surface area contributed by atoms with Crippen LogP contribution in [0.1, 0.15) is 11.1 Å². The molecule has 4 N–H and O–H groups in total. The van der Waals surface area contributed by atoms with E-state index in [-0.39, 0.29) is 0 Å². The van der Waals surface area contributed by atoms with Crippen molar-refractivity contribution < 1.29 is 0 Å². The highest BCUT2D eigenvalue weighted by Gasteiger charge is 2.08. The van der Waals surface area contributed by atoms with Crippen molar-refractivity contribution in [1.29, 1.82) is 0 Å². The minimum Gasteiger partial charge on any atom is -0.383 e. The van der Waals surface area contributed by atoms with E-state index in [9.17, 15) is 0 Å². The standard InChI is InChI=1S/C28H27ClN8/c29-22-11-12-23-24(13-14-30-25(23)17-22)31-15-16-32-26-35-27(33-18-20-7-3-1-4-8-20)37-28(36-26)34-19-21-9-5-2-6-10-21/h1-14,17H,15-16,18-19H2,(H,30,31)(H3,32,33,34,35,36,37). The minimum absolute atomic E-state index is 0.495. The van der Waals surface area contributed by atoms with Crippen LogP contribution in [0.25, 0.3) is 10.9 Å². The first kappa shape index (κ1) is 24.3. The van der Waals surface area contributed by atoms with Gasteiger partial charge < -0.3 is 21.3 Å². The third-order valence-electron chi connectivity index (χ3n) is 5.65. The monoisotopic (exact) mass is 510 g/mol. The molecule has 2 heterocycles. The van der Waals surface area contributed by atoms with Crippen LogP contribution >= 0.6 is 11.6 Å². The number of hydrogen-bond acceptors (Lipinski definition) is 8. The fourth-order valence-electron chi connectivity index (χ4n) is 3.81. The second-order valence-corrected chi connectivity index (χ2v) is 8.79. The Bertz CT molecular complexity index is 1390. The van der Waals surface area contributed by atoms with Gasteiger partial charge in [0.2, 0.25) is 17.8 Å². The molecule has 0 unspecified atom stereocenters. The fourth-order valence-corrected chi connectivity index (χ4v) is 3.98. The van der Waals surface area contributed by atoms with Gasteiger partial charge in [0.1, 0.15) is 0 Å². The van der Waals surface area contributed by atoms with Crippen LogP contribution in [0, 0.1) is 0 Å². The van der Waals surface area contributed by atoms with Crippen LogP contribution in [0.3, 0.4) is 0 Å². The molecule has 5 rings (SSSR count). The molecule has 0 spiro atoms. The van der Waals surface area contributed by atoms with Crippen molar-refractivity contribution in [2.24, 2.45) is 0 Å². The number of hydrogen-bond donors (Lipinski definition) is 4. The van der Waals surface area contributed by atoms with Crippen molar-refractivity contribution in [3.05, 3.63) is 107 Å². The van der Waals surface area contributed by atoms with Crippen molar-refractivity contribution in [1.82, 2.24) is 19.9 Å². The third kappa shape index (κ3) is 6.83. The number of nitrogens with one attached hydrogen (secondary N) is 4. The second kappa shape index (κ2) is 12.0. The highest BCUT2D eigenvalue weighted by molar-refractivity contribution is 6.31. The molecule has 0 aliphatic rings. The summed E-state index contributed by atoms with van der Waals surface area (Å²) >= 11 is 6.11. The molecule has 2 aromatic heterocycles. The quantitative estimate of drug-likeness (QED) is 0.165. The van der Waals surface area contributed by atoms with Gasteiger partial charge in [-0.3, -0.25) is 4.98 Å². The Balaban J connectivity index is 1.24. The van der Waals surface area contributed by atoms with Gasteiger partial charge in [0.25, 0.3) is 0 Å². The van der Waals surface area contributed by atoms with E-state index in [1.807, 2.05) is 60.7 Å². The molecule has 0 amide bonds. The molecule has 0 bridgehead atoms. The Morgan fingerprint density at radius 3 is 1.78 bits per heavy atom. The van der Waals surface area contributed by atoms with Gasteiger partial charge in [-0.15, -0.1) is 0 Å². The third-order valence-corrected chi connectivity index (χ3v) is 5.89. The number of fused-ring (bicyclic) bond motifs is 1. The molecule has 0 radical (unpaired) electrons. The van der Waals surface area contributed by atoms with Crippen molar-refractivity contribution in [2.75, 3.05) is 34.4 Å². The lowest BCUT2D eigenvalue weighted by Gasteiger charge is -2.13. The Morgan fingerprint density at radius 1 is 0.595 bits per heavy atom. The highest BCUT2D eigenvalue weighted by Crippen LogP contribution is 2.24. The van der Waals surface area contributed by atoms with Crippen molar-refractivity contribution in [3.8, 4) is 0 Å². The predicted molar refractivity (Wildman–Crippen MR) is 151 cm³/mol. The molecule has 0 aliphatic heterocycles. The zero-order valence-corrected chi connectivity index (χ0v) is 20.9. The van der Waals surface area contributed by atoms with Gasteiger partial charge in [-0.25, -0.2) is 0 Å². The number of aromatic nitrogens is 4. The Labute approximate surface area is 220 Å². The summed E-state index contributed by atoms with van der Waals surface area (Å²) < 4.78 is 0. The molecule has 3 aromatic carbocycles. The Morgan fingerprint density at radius 2 is 1.16 bits per heavy atom. The number of anilines is 4. The maximum absolute atomic E-state index is 6.11. The molecular formula is C28H27ClN8. The van der Waals surface area contributed by atoms with Gasteiger partial charge in [-0.1, -0.05) is 72.3 Å². The first-order chi connectivity index (χ1) is 18.2. The zero-order valence-electron chi connectivity index (χ0n) is 20.2. The summed E-state index contributed by atoms with van der Waals surface area (Å²) in [7, 11) is 0. The Hall–Kier alpha value is -4.43. The van der Waals surface area contributed by atoms with Gasteiger partial charge in [0.15, 0.2) is 0 Å². The summed E-state index contributed by atoms with van der Waals surface area (Å²) in [6, 6.07) is 27.9. The maximum atomic E-state index is 6.11. The van der Waals surface area contributed by atoms with Crippen LogP contribution in [0.5, 0.6) is 0 Å². The molecule has 9 heteroatoms. The first-order valence-corrected chi connectivity index (χ1v) is 12.4. The smallest absolute Gasteiger partial charge is 0.229 e. The van der Waals surface area contributed by atoms with E-state index in [4.69, 9.17) is 11.6 Å². The molecular weight excluding hydrogens is 484 g/mol. The minimum atomic E-state index is 0.495. The van der Waals surface area contributed by atoms with Crippen LogP contribution in [-0.2, 0) is 13.1 Å². The van der Waals surface area contributed by atoms with Gasteiger partial charge in [-0.05, 0) is 35.4 Å². The molecule has 186 valence electrons. The Kier molecular flexibility index (Phi) is 7.88. The summed E-state index contributed by atoms with van der Waals surface area (Å²) in [4.78, 5) is 18.1. The molecule has 0 fully saturated rings. The van der Waals surface area contributed by atoms with Crippen LogP contribution in [0.4, 0.5) is 23.5 Å². The average Bonchev–Trinajstić information content (AvgIpc) is 2.94. The first-order valence-electron chi connectivity index (χ1n) is 12.1. The van der Waals surface area contributed by atoms with Crippen LogP contribution < -0.4 is 21.3 Å². The lowest BCUT2D eigenvalue weighted by Crippen LogP contribution is -2.17. The molecule has 0 atom stereocenters. The molecule has 37 heavy (non-hydrogen) atoms. The summed E-state index contributed by atoms with van der Waals surface area (Å²) in [6.07, 6.45) is 1.77. The summed E-state index contributed by atoms with van der Waals surface area (Å²) in [6.45, 7) is 2.50. The van der Waals surface area contributed by atoms with Crippen LogP contribution in [0.15, 0.2) is 91.1 Å². The van der Waals surface area contributed by atoms with Crippen molar-refractivity contribution in [2.45, 2.75) is 13.1 Å². The van der Waals surface area contributed by atoms with Gasteiger partial charge >= 0.3 is 0 Å². The van der Waals surface area contributed by atoms with E-state index in [2.05, 4.69) is 65.5 Å². The van der Waals surface area contributed by atoms with E-state index in [1.165, 1.54) is 0 Å². The molecule has 0 saturated heterocycles. The fraction of sp³-hybridized carbons (Fsp3) is 0.143. The van der Waals surface area contributed by atoms with Crippen molar-refractivity contribution in [3.63, 3.8) is 0 Å². The van der Waals surface area contributed by atoms with Gasteiger partial charge in [-0.2, -0.15) is 15.0 Å². The second-order valence-electron chi connectivity index (χ2n) is 8.36. The number of rotatable bonds is 11. The zero-order chi connectivity index (χ0) is 25.3.